The van der Waals surface area contributed by atoms with Gasteiger partial charge in [-0.15, -0.1) is 0 Å². The number of carboxylic acids is 1. The minimum atomic E-state index is -3.83. The highest BCUT2D eigenvalue weighted by Gasteiger charge is 2.26. The maximum Gasteiger partial charge on any atom is 0.337 e. The molecule has 0 aliphatic carbocycles. The van der Waals surface area contributed by atoms with Gasteiger partial charge in [-0.05, 0) is 31.0 Å². The molecule has 8 heteroatoms. The van der Waals surface area contributed by atoms with Crippen molar-refractivity contribution >= 4 is 21.9 Å². The molecule has 1 heterocycles. The monoisotopic (exact) mass is 288 g/mol. The van der Waals surface area contributed by atoms with Crippen molar-refractivity contribution in [1.29, 1.82) is 0 Å². The summed E-state index contributed by atoms with van der Waals surface area (Å²) >= 11 is 0. The summed E-state index contributed by atoms with van der Waals surface area (Å²) in [5.41, 5.74) is -0.552. The molecule has 2 N–H and O–H groups in total. The van der Waals surface area contributed by atoms with E-state index in [-0.39, 0.29) is 11.3 Å². The fraction of sp³-hybridized carbons (Fsp3) is 0.364. The van der Waals surface area contributed by atoms with Crippen molar-refractivity contribution in [2.24, 2.45) is 0 Å². The first kappa shape index (κ1) is 13.8. The summed E-state index contributed by atoms with van der Waals surface area (Å²) in [7, 11) is -3.83. The average molecular weight is 288 g/mol. The van der Waals surface area contributed by atoms with Gasteiger partial charge < -0.3 is 5.11 Å². The first-order valence-corrected chi connectivity index (χ1v) is 7.15. The van der Waals surface area contributed by atoms with Crippen molar-refractivity contribution in [2.75, 3.05) is 17.8 Å². The fourth-order valence-electron chi connectivity index (χ4n) is 1.92. The van der Waals surface area contributed by atoms with Crippen LogP contribution in [0.3, 0.4) is 0 Å². The lowest BCUT2D eigenvalue weighted by atomic mass is 10.2. The third-order valence-electron chi connectivity index (χ3n) is 2.86. The summed E-state index contributed by atoms with van der Waals surface area (Å²) < 4.78 is 40.4. The summed E-state index contributed by atoms with van der Waals surface area (Å²) in [4.78, 5) is 11.0. The SMILES string of the molecule is O=C(O)c1ccc(F)cc1NS(=O)(=O)N1CCCC1. The predicted octanol–water partition coefficient (Wildman–Crippen LogP) is 1.28. The molecule has 0 bridgehead atoms. The molecule has 1 aliphatic heterocycles. The maximum absolute atomic E-state index is 13.1. The van der Waals surface area contributed by atoms with Crippen LogP contribution in [-0.2, 0) is 10.2 Å². The molecule has 1 aromatic rings. The quantitative estimate of drug-likeness (QED) is 0.873. The lowest BCUT2D eigenvalue weighted by Crippen LogP contribution is -2.33. The smallest absolute Gasteiger partial charge is 0.337 e. The van der Waals surface area contributed by atoms with E-state index in [0.717, 1.165) is 31.0 Å². The number of nitrogens with zero attached hydrogens (tertiary/aromatic N) is 1. The number of nitrogens with one attached hydrogen (secondary N) is 1. The molecular formula is C11H13FN2O4S. The van der Waals surface area contributed by atoms with E-state index in [9.17, 15) is 17.6 Å². The van der Waals surface area contributed by atoms with Gasteiger partial charge in [0.25, 0.3) is 0 Å². The molecule has 0 radical (unpaired) electrons. The van der Waals surface area contributed by atoms with Crippen molar-refractivity contribution in [2.45, 2.75) is 12.8 Å². The molecule has 0 saturated carbocycles. The highest BCUT2D eigenvalue weighted by atomic mass is 32.2. The molecule has 104 valence electrons. The van der Waals surface area contributed by atoms with Crippen molar-refractivity contribution < 1.29 is 22.7 Å². The van der Waals surface area contributed by atoms with Crippen molar-refractivity contribution in [3.05, 3.63) is 29.6 Å². The Labute approximate surface area is 110 Å². The zero-order valence-electron chi connectivity index (χ0n) is 9.97. The number of benzene rings is 1. The van der Waals surface area contributed by atoms with Crippen molar-refractivity contribution in [3.8, 4) is 0 Å². The van der Waals surface area contributed by atoms with E-state index in [1.54, 1.807) is 0 Å². The summed E-state index contributed by atoms with van der Waals surface area (Å²) in [6.45, 7) is 0.764. The number of halogens is 1. The molecular weight excluding hydrogens is 275 g/mol. The second-order valence-electron chi connectivity index (χ2n) is 4.21. The number of anilines is 1. The van der Waals surface area contributed by atoms with Crippen molar-refractivity contribution in [3.63, 3.8) is 0 Å². The number of carbonyl (C=O) groups is 1. The Bertz CT molecular complexity index is 597. The van der Waals surface area contributed by atoms with Crippen LogP contribution >= 0.6 is 0 Å². The molecule has 2 rings (SSSR count). The summed E-state index contributed by atoms with van der Waals surface area (Å²) in [5.74, 6) is -2.02. The Morgan fingerprint density at radius 2 is 1.95 bits per heavy atom. The second kappa shape index (κ2) is 5.14. The van der Waals surface area contributed by atoms with Crippen LogP contribution in [0, 0.1) is 5.82 Å². The van der Waals surface area contributed by atoms with Gasteiger partial charge in [-0.25, -0.2) is 9.18 Å². The van der Waals surface area contributed by atoms with E-state index >= 15 is 0 Å². The Kier molecular flexibility index (Phi) is 3.72. The molecule has 0 amide bonds. The molecule has 0 atom stereocenters. The topological polar surface area (TPSA) is 86.7 Å². The molecule has 6 nitrogen and oxygen atoms in total. The van der Waals surface area contributed by atoms with Crippen LogP contribution in [0.4, 0.5) is 10.1 Å². The van der Waals surface area contributed by atoms with E-state index in [2.05, 4.69) is 4.72 Å². The normalized spacial score (nSPS) is 16.5. The fourth-order valence-corrected chi connectivity index (χ4v) is 3.23. The third kappa shape index (κ3) is 3.02. The van der Waals surface area contributed by atoms with Gasteiger partial charge in [0.15, 0.2) is 0 Å². The van der Waals surface area contributed by atoms with Gasteiger partial charge in [0.2, 0.25) is 0 Å². The minimum absolute atomic E-state index is 0.264. The molecule has 0 aromatic heterocycles. The van der Waals surface area contributed by atoms with Crippen LogP contribution in [0.5, 0.6) is 0 Å². The van der Waals surface area contributed by atoms with E-state index in [1.807, 2.05) is 0 Å². The Morgan fingerprint density at radius 1 is 1.32 bits per heavy atom. The van der Waals surface area contributed by atoms with Gasteiger partial charge in [-0.1, -0.05) is 0 Å². The average Bonchev–Trinajstić information content (AvgIpc) is 2.81. The van der Waals surface area contributed by atoms with E-state index in [0.29, 0.717) is 13.1 Å². The zero-order chi connectivity index (χ0) is 14.0. The highest BCUT2D eigenvalue weighted by Crippen LogP contribution is 2.21. The van der Waals surface area contributed by atoms with Crippen molar-refractivity contribution in [1.82, 2.24) is 4.31 Å². The third-order valence-corrected chi connectivity index (χ3v) is 4.38. The van der Waals surface area contributed by atoms with Crippen LogP contribution < -0.4 is 4.72 Å². The van der Waals surface area contributed by atoms with Crippen LogP contribution in [0.2, 0.25) is 0 Å². The lowest BCUT2D eigenvalue weighted by molar-refractivity contribution is 0.0698. The van der Waals surface area contributed by atoms with Gasteiger partial charge in [0, 0.05) is 13.1 Å². The summed E-state index contributed by atoms with van der Waals surface area (Å²) in [5, 5.41) is 8.95. The predicted molar refractivity (Wildman–Crippen MR) is 66.7 cm³/mol. The standard InChI is InChI=1S/C11H13FN2O4S/c12-8-3-4-9(11(15)16)10(7-8)13-19(17,18)14-5-1-2-6-14/h3-4,7,13H,1-2,5-6H2,(H,15,16). The van der Waals surface area contributed by atoms with Crippen LogP contribution in [0.1, 0.15) is 23.2 Å². The largest absolute Gasteiger partial charge is 0.478 e. The Hall–Kier alpha value is -1.67. The molecule has 19 heavy (non-hydrogen) atoms. The maximum atomic E-state index is 13.1. The zero-order valence-corrected chi connectivity index (χ0v) is 10.8. The van der Waals surface area contributed by atoms with Crippen LogP contribution in [0.25, 0.3) is 0 Å². The van der Waals surface area contributed by atoms with E-state index in [4.69, 9.17) is 5.11 Å². The number of hydrogen-bond donors (Lipinski definition) is 2. The molecule has 0 spiro atoms. The molecule has 1 aromatic carbocycles. The first-order valence-electron chi connectivity index (χ1n) is 5.71. The van der Waals surface area contributed by atoms with E-state index < -0.39 is 22.0 Å². The first-order chi connectivity index (χ1) is 8.90. The minimum Gasteiger partial charge on any atom is -0.478 e. The molecule has 0 unspecified atom stereocenters. The number of carboxylic acid groups (broad SMARTS) is 1. The number of aromatic carboxylic acids is 1. The summed E-state index contributed by atoms with van der Waals surface area (Å²) in [6, 6.07) is 2.85. The van der Waals surface area contributed by atoms with Crippen LogP contribution in [0.15, 0.2) is 18.2 Å². The second-order valence-corrected chi connectivity index (χ2v) is 5.88. The molecule has 1 saturated heterocycles. The Balaban J connectivity index is 2.32. The van der Waals surface area contributed by atoms with Gasteiger partial charge in [0.1, 0.15) is 5.82 Å². The summed E-state index contributed by atoms with van der Waals surface area (Å²) in [6.07, 6.45) is 1.52. The molecule has 1 fully saturated rings. The lowest BCUT2D eigenvalue weighted by Gasteiger charge is -2.17. The molecule has 1 aliphatic rings. The van der Waals surface area contributed by atoms with Crippen LogP contribution in [-0.4, -0.2) is 36.9 Å². The van der Waals surface area contributed by atoms with E-state index in [1.165, 1.54) is 4.31 Å². The number of hydrogen-bond acceptors (Lipinski definition) is 3. The highest BCUT2D eigenvalue weighted by molar-refractivity contribution is 7.90. The van der Waals surface area contributed by atoms with Gasteiger partial charge in [-0.3, -0.25) is 4.72 Å². The van der Waals surface area contributed by atoms with Gasteiger partial charge >= 0.3 is 16.2 Å². The van der Waals surface area contributed by atoms with Gasteiger partial charge in [0.05, 0.1) is 11.3 Å². The van der Waals surface area contributed by atoms with Gasteiger partial charge in [-0.2, -0.15) is 12.7 Å². The number of rotatable bonds is 4. The Morgan fingerprint density at radius 3 is 2.53 bits per heavy atom.